The fourth-order valence-corrected chi connectivity index (χ4v) is 1.48. The topological polar surface area (TPSA) is 0 Å². The molecule has 0 heterocycles. The minimum absolute atomic E-state index is 0. The third-order valence-corrected chi connectivity index (χ3v) is 1.63. The van der Waals surface area contributed by atoms with Crippen molar-refractivity contribution in [3.63, 3.8) is 0 Å². The van der Waals surface area contributed by atoms with Gasteiger partial charge in [-0.2, -0.15) is 18.2 Å². The van der Waals surface area contributed by atoms with E-state index in [0.717, 1.165) is 8.95 Å². The molecular formula is C7H6Br2W. The number of rotatable bonds is 0. The Morgan fingerprint density at radius 3 is 1.70 bits per heavy atom. The Hall–Kier alpha value is 0.868. The van der Waals surface area contributed by atoms with Gasteiger partial charge in [0, 0.05) is 0 Å². The minimum Gasteiger partial charge on any atom is -0.358 e. The summed E-state index contributed by atoms with van der Waals surface area (Å²) in [4.78, 5) is 0. The molecule has 0 saturated carbocycles. The molecule has 0 atom stereocenters. The van der Waals surface area contributed by atoms with Crippen molar-refractivity contribution in [3.8, 4) is 0 Å². The van der Waals surface area contributed by atoms with Gasteiger partial charge in [0.2, 0.25) is 0 Å². The normalized spacial score (nSPS) is 7.40. The quantitative estimate of drug-likeness (QED) is 0.550. The molecule has 1 rings (SSSR count). The zero-order chi connectivity index (χ0) is 5.98. The van der Waals surface area contributed by atoms with Crippen LogP contribution >= 0.6 is 31.9 Å². The first-order chi connectivity index (χ1) is 3.79. The second-order valence-corrected chi connectivity index (χ2v) is 3.20. The second-order valence-electron chi connectivity index (χ2n) is 1.37. The Balaban J connectivity index is 0. The predicted octanol–water partition coefficient (Wildman–Crippen LogP) is 3.46. The van der Waals surface area contributed by atoms with Gasteiger partial charge in [0.15, 0.2) is 0 Å². The van der Waals surface area contributed by atoms with Crippen LogP contribution in [0.1, 0.15) is 0 Å². The van der Waals surface area contributed by atoms with E-state index < -0.39 is 0 Å². The van der Waals surface area contributed by atoms with Crippen molar-refractivity contribution in [2.24, 2.45) is 0 Å². The molecule has 0 unspecified atom stereocenters. The van der Waals surface area contributed by atoms with E-state index in [1.165, 1.54) is 0 Å². The molecule has 0 N–H and O–H groups in total. The molecule has 0 radical (unpaired) electrons. The van der Waals surface area contributed by atoms with Gasteiger partial charge in [0.05, 0.1) is 0 Å². The molecular weight excluding hydrogens is 428 g/mol. The standard InChI is InChI=1S/C6H3Br2.CH3.W/c7-5-2-1-3-6(8)4-5;;/h2-4H;1H3;/q2*-1;+2. The zero-order valence-corrected chi connectivity index (χ0v) is 11.5. The Labute approximate surface area is 92.9 Å². The number of hydrogen-bond acceptors (Lipinski definition) is 0. The van der Waals surface area contributed by atoms with Crippen molar-refractivity contribution in [1.29, 1.82) is 0 Å². The van der Waals surface area contributed by atoms with E-state index in [2.05, 4.69) is 37.9 Å². The summed E-state index contributed by atoms with van der Waals surface area (Å²) >= 11 is 6.60. The van der Waals surface area contributed by atoms with Crippen LogP contribution in [-0.4, -0.2) is 0 Å². The molecule has 1 aromatic carbocycles. The molecule has 3 heteroatoms. The molecule has 0 bridgehead atoms. The van der Waals surface area contributed by atoms with Gasteiger partial charge in [-0.25, -0.2) is 0 Å². The third kappa shape index (κ3) is 4.65. The van der Waals surface area contributed by atoms with E-state index in [0.29, 0.717) is 0 Å². The summed E-state index contributed by atoms with van der Waals surface area (Å²) < 4.78 is 2.10. The molecule has 0 amide bonds. The van der Waals surface area contributed by atoms with Crippen molar-refractivity contribution in [2.75, 3.05) is 0 Å². The monoisotopic (exact) mass is 432 g/mol. The summed E-state index contributed by atoms with van der Waals surface area (Å²) in [6.07, 6.45) is 0. The summed E-state index contributed by atoms with van der Waals surface area (Å²) in [5.41, 5.74) is 0. The first-order valence-electron chi connectivity index (χ1n) is 2.11. The Bertz CT molecular complexity index is 171. The number of hydrogen-bond donors (Lipinski definition) is 0. The van der Waals surface area contributed by atoms with Crippen LogP contribution in [0.4, 0.5) is 0 Å². The summed E-state index contributed by atoms with van der Waals surface area (Å²) in [6, 6.07) is 8.64. The van der Waals surface area contributed by atoms with Gasteiger partial charge in [-0.15, -0.1) is 37.9 Å². The van der Waals surface area contributed by atoms with Crippen LogP contribution in [0, 0.1) is 13.5 Å². The van der Waals surface area contributed by atoms with E-state index in [-0.39, 0.29) is 28.5 Å². The molecule has 10 heavy (non-hydrogen) atoms. The Morgan fingerprint density at radius 1 is 1.10 bits per heavy atom. The molecule has 0 nitrogen and oxygen atoms in total. The van der Waals surface area contributed by atoms with Crippen molar-refractivity contribution in [2.45, 2.75) is 0 Å². The van der Waals surface area contributed by atoms with E-state index in [1.54, 1.807) is 0 Å². The van der Waals surface area contributed by atoms with Gasteiger partial charge in [-0.05, 0) is 0 Å². The van der Waals surface area contributed by atoms with Crippen LogP contribution in [0.3, 0.4) is 0 Å². The molecule has 1 aromatic rings. The van der Waals surface area contributed by atoms with Crippen LogP contribution in [0.15, 0.2) is 27.1 Å². The van der Waals surface area contributed by atoms with E-state index in [4.69, 9.17) is 0 Å². The molecule has 0 aliphatic carbocycles. The summed E-state index contributed by atoms with van der Waals surface area (Å²) in [5, 5.41) is 0. The Morgan fingerprint density at radius 2 is 1.50 bits per heavy atom. The zero-order valence-electron chi connectivity index (χ0n) is 5.40. The van der Waals surface area contributed by atoms with E-state index in [1.807, 2.05) is 18.2 Å². The van der Waals surface area contributed by atoms with E-state index in [9.17, 15) is 0 Å². The predicted molar refractivity (Wildman–Crippen MR) is 47.1 cm³/mol. The van der Waals surface area contributed by atoms with Crippen LogP contribution in [0.2, 0.25) is 0 Å². The van der Waals surface area contributed by atoms with Crippen LogP contribution in [0.5, 0.6) is 0 Å². The van der Waals surface area contributed by atoms with Crippen molar-refractivity contribution in [3.05, 3.63) is 40.6 Å². The minimum atomic E-state index is 0. The fourth-order valence-electron chi connectivity index (χ4n) is 0.416. The molecule has 0 aliphatic rings. The van der Waals surface area contributed by atoms with E-state index >= 15 is 0 Å². The number of benzene rings is 1. The van der Waals surface area contributed by atoms with Crippen LogP contribution < -0.4 is 0 Å². The maximum absolute atomic E-state index is 3.30. The SMILES string of the molecule is Brc1c[c-]cc(Br)c1.[CH3-].[W+2]. The second kappa shape index (κ2) is 6.57. The molecule has 0 aliphatic heterocycles. The number of halogens is 2. The van der Waals surface area contributed by atoms with Gasteiger partial charge in [-0.3, -0.25) is 0 Å². The first-order valence-corrected chi connectivity index (χ1v) is 3.70. The van der Waals surface area contributed by atoms with Gasteiger partial charge < -0.3 is 7.43 Å². The van der Waals surface area contributed by atoms with Crippen molar-refractivity contribution < 1.29 is 21.1 Å². The average molecular weight is 434 g/mol. The average Bonchev–Trinajstić information content (AvgIpc) is 1.64. The van der Waals surface area contributed by atoms with Crippen molar-refractivity contribution in [1.82, 2.24) is 0 Å². The molecule has 0 aromatic heterocycles. The maximum Gasteiger partial charge on any atom is 2.00 e. The first kappa shape index (κ1) is 13.5. The van der Waals surface area contributed by atoms with Gasteiger partial charge >= 0.3 is 21.1 Å². The smallest absolute Gasteiger partial charge is 0.358 e. The summed E-state index contributed by atoms with van der Waals surface area (Å²) in [7, 11) is 0. The van der Waals surface area contributed by atoms with Gasteiger partial charge in [-0.1, -0.05) is 8.95 Å². The molecule has 0 saturated heterocycles. The van der Waals surface area contributed by atoms with Crippen LogP contribution in [0.25, 0.3) is 0 Å². The van der Waals surface area contributed by atoms with Crippen molar-refractivity contribution >= 4 is 31.9 Å². The van der Waals surface area contributed by atoms with Gasteiger partial charge in [0.1, 0.15) is 0 Å². The third-order valence-electron chi connectivity index (χ3n) is 0.718. The molecule has 0 fully saturated rings. The van der Waals surface area contributed by atoms with Gasteiger partial charge in [0.25, 0.3) is 0 Å². The summed E-state index contributed by atoms with van der Waals surface area (Å²) in [6.45, 7) is 0. The molecule has 0 spiro atoms. The fraction of sp³-hybridized carbons (Fsp3) is 0. The Kier molecular flexibility index (Phi) is 8.84. The maximum atomic E-state index is 3.30. The largest absolute Gasteiger partial charge is 2.00 e. The molecule has 54 valence electrons. The summed E-state index contributed by atoms with van der Waals surface area (Å²) in [5.74, 6) is 0. The van der Waals surface area contributed by atoms with Crippen LogP contribution in [-0.2, 0) is 21.1 Å².